The minimum Gasteiger partial charge on any atom is -0.338 e. The topological polar surface area (TPSA) is 86.4 Å². The summed E-state index contributed by atoms with van der Waals surface area (Å²) in [4.78, 5) is 44.0. The third-order valence-corrected chi connectivity index (χ3v) is 7.10. The highest BCUT2D eigenvalue weighted by Crippen LogP contribution is 2.41. The van der Waals surface area contributed by atoms with Gasteiger partial charge in [-0.25, -0.2) is 0 Å². The Kier molecular flexibility index (Phi) is 4.94. The molecule has 3 amide bonds. The van der Waals surface area contributed by atoms with E-state index < -0.39 is 5.41 Å². The molecule has 1 aromatic carbocycles. The number of hydrogen-bond donors (Lipinski definition) is 1. The highest BCUT2D eigenvalue weighted by molar-refractivity contribution is 7.09. The Morgan fingerprint density at radius 3 is 2.77 bits per heavy atom. The summed E-state index contributed by atoms with van der Waals surface area (Å²) in [5, 5.41) is 8.96. The van der Waals surface area contributed by atoms with Crippen LogP contribution in [0.2, 0.25) is 0 Å². The van der Waals surface area contributed by atoms with Gasteiger partial charge in [-0.05, 0) is 17.0 Å². The van der Waals surface area contributed by atoms with Gasteiger partial charge in [-0.1, -0.05) is 36.4 Å². The van der Waals surface area contributed by atoms with Crippen LogP contribution in [0.1, 0.15) is 34.5 Å². The summed E-state index contributed by atoms with van der Waals surface area (Å²) < 4.78 is 0. The van der Waals surface area contributed by atoms with Crippen LogP contribution in [0.15, 0.2) is 54.0 Å². The molecule has 1 atom stereocenters. The van der Waals surface area contributed by atoms with E-state index >= 15 is 0 Å². The highest BCUT2D eigenvalue weighted by atomic mass is 32.1. The minimum absolute atomic E-state index is 0.0117. The second kappa shape index (κ2) is 7.77. The molecule has 4 heterocycles. The number of nitrogens with zero attached hydrogens (tertiary/aromatic N) is 3. The van der Waals surface area contributed by atoms with Crippen molar-refractivity contribution in [2.45, 2.75) is 37.8 Å². The van der Waals surface area contributed by atoms with Gasteiger partial charge in [0.15, 0.2) is 0 Å². The summed E-state index contributed by atoms with van der Waals surface area (Å²) in [7, 11) is 0. The molecule has 0 spiro atoms. The Morgan fingerprint density at radius 1 is 1.16 bits per heavy atom. The lowest BCUT2D eigenvalue weighted by Crippen LogP contribution is -2.44. The van der Waals surface area contributed by atoms with Gasteiger partial charge in [0.05, 0.1) is 18.2 Å². The second-order valence-corrected chi connectivity index (χ2v) is 9.14. The smallest absolute Gasteiger partial charge is 0.241 e. The molecule has 3 aromatic rings. The average Bonchev–Trinajstić information content (AvgIpc) is 3.52. The molecule has 7 nitrogen and oxygen atoms in total. The van der Waals surface area contributed by atoms with Crippen molar-refractivity contribution in [1.29, 1.82) is 0 Å². The predicted molar refractivity (Wildman–Crippen MR) is 115 cm³/mol. The molecule has 1 N–H and O–H groups in total. The largest absolute Gasteiger partial charge is 0.338 e. The highest BCUT2D eigenvalue weighted by Gasteiger charge is 2.54. The first kappa shape index (κ1) is 19.7. The Hall–Kier alpha value is -3.26. The number of nitrogens with one attached hydrogen (secondary N) is 1. The molecule has 2 aromatic heterocycles. The number of fused-ring (bicyclic) bond motifs is 1. The van der Waals surface area contributed by atoms with E-state index in [1.165, 1.54) is 16.2 Å². The number of hydrogen-bond acceptors (Lipinski definition) is 5. The number of aromatic nitrogens is 2. The lowest BCUT2D eigenvalue weighted by molar-refractivity contribution is -0.143. The molecular formula is C23H22N4O3S. The fraction of sp³-hybridized carbons (Fsp3) is 0.304. The SMILES string of the molecule is O=C(CC1(c2ccccc2)CC(=O)N(Cc2cccs2)C1=O)N1CCc2[nH]ncc2C1. The van der Waals surface area contributed by atoms with Gasteiger partial charge in [0.1, 0.15) is 0 Å². The lowest BCUT2D eigenvalue weighted by Gasteiger charge is -2.32. The molecule has 0 bridgehead atoms. The molecule has 1 saturated heterocycles. The van der Waals surface area contributed by atoms with Gasteiger partial charge in [-0.2, -0.15) is 5.10 Å². The van der Waals surface area contributed by atoms with Crippen molar-refractivity contribution in [3.8, 4) is 0 Å². The van der Waals surface area contributed by atoms with Crippen molar-refractivity contribution in [2.24, 2.45) is 0 Å². The third-order valence-electron chi connectivity index (χ3n) is 6.24. The van der Waals surface area contributed by atoms with Gasteiger partial charge in [0.2, 0.25) is 17.7 Å². The van der Waals surface area contributed by atoms with E-state index in [2.05, 4.69) is 10.2 Å². The standard InChI is InChI=1S/C23H22N4O3S/c28-20(26-9-8-19-16(14-26)13-24-25-19)11-23(17-5-2-1-3-6-17)12-21(29)27(22(23)30)15-18-7-4-10-31-18/h1-7,10,13H,8-9,11-12,14-15H2,(H,24,25). The van der Waals surface area contributed by atoms with Crippen LogP contribution in [0.3, 0.4) is 0 Å². The Labute approximate surface area is 183 Å². The summed E-state index contributed by atoms with van der Waals surface area (Å²) in [6, 6.07) is 13.1. The molecule has 1 unspecified atom stereocenters. The number of amides is 3. The first-order valence-corrected chi connectivity index (χ1v) is 11.2. The van der Waals surface area contributed by atoms with Crippen molar-refractivity contribution in [1.82, 2.24) is 20.0 Å². The number of benzene rings is 1. The fourth-order valence-corrected chi connectivity index (χ4v) is 5.24. The number of thiophene rings is 1. The molecule has 2 aliphatic rings. The van der Waals surface area contributed by atoms with Crippen LogP contribution >= 0.6 is 11.3 Å². The van der Waals surface area contributed by atoms with Crippen molar-refractivity contribution >= 4 is 29.1 Å². The molecule has 0 aliphatic carbocycles. The fourth-order valence-electron chi connectivity index (χ4n) is 4.55. The number of imide groups is 1. The van der Waals surface area contributed by atoms with E-state index in [0.29, 0.717) is 19.5 Å². The van der Waals surface area contributed by atoms with Gasteiger partial charge in [0.25, 0.3) is 0 Å². The van der Waals surface area contributed by atoms with E-state index in [-0.39, 0.29) is 37.1 Å². The quantitative estimate of drug-likeness (QED) is 0.626. The monoisotopic (exact) mass is 434 g/mol. The van der Waals surface area contributed by atoms with E-state index in [9.17, 15) is 14.4 Å². The summed E-state index contributed by atoms with van der Waals surface area (Å²) in [6.45, 7) is 1.29. The van der Waals surface area contributed by atoms with E-state index in [0.717, 1.165) is 21.7 Å². The van der Waals surface area contributed by atoms with Gasteiger partial charge >= 0.3 is 0 Å². The van der Waals surface area contributed by atoms with Crippen LogP contribution in [-0.2, 0) is 39.3 Å². The van der Waals surface area contributed by atoms with Crippen LogP contribution in [0, 0.1) is 0 Å². The summed E-state index contributed by atoms with van der Waals surface area (Å²) in [5.74, 6) is -0.632. The number of carbonyl (C=O) groups is 3. The molecule has 8 heteroatoms. The maximum Gasteiger partial charge on any atom is 0.241 e. The zero-order chi connectivity index (χ0) is 21.4. The third kappa shape index (κ3) is 3.46. The molecule has 1 fully saturated rings. The molecular weight excluding hydrogens is 412 g/mol. The molecule has 2 aliphatic heterocycles. The number of likely N-dealkylation sites (tertiary alicyclic amines) is 1. The molecule has 31 heavy (non-hydrogen) atoms. The molecule has 0 radical (unpaired) electrons. The van der Waals surface area contributed by atoms with E-state index in [1.807, 2.05) is 47.8 Å². The number of carbonyl (C=O) groups excluding carboxylic acids is 3. The Bertz CT molecular complexity index is 1120. The Balaban J connectivity index is 1.44. The Morgan fingerprint density at radius 2 is 2.00 bits per heavy atom. The summed E-state index contributed by atoms with van der Waals surface area (Å²) >= 11 is 1.51. The van der Waals surface area contributed by atoms with Crippen molar-refractivity contribution in [3.05, 3.63) is 75.7 Å². The lowest BCUT2D eigenvalue weighted by atomic mass is 9.75. The summed E-state index contributed by atoms with van der Waals surface area (Å²) in [5.41, 5.74) is 1.61. The number of aromatic amines is 1. The van der Waals surface area contributed by atoms with Crippen LogP contribution in [-0.4, -0.2) is 44.3 Å². The average molecular weight is 435 g/mol. The maximum atomic E-state index is 13.7. The van der Waals surface area contributed by atoms with Crippen LogP contribution in [0.25, 0.3) is 0 Å². The van der Waals surface area contributed by atoms with E-state index in [1.54, 1.807) is 11.1 Å². The number of H-pyrrole nitrogens is 1. The van der Waals surface area contributed by atoms with Crippen LogP contribution in [0.5, 0.6) is 0 Å². The number of rotatable bonds is 5. The van der Waals surface area contributed by atoms with Gasteiger partial charge in [0, 0.05) is 48.5 Å². The van der Waals surface area contributed by atoms with Crippen LogP contribution in [0.4, 0.5) is 0 Å². The maximum absolute atomic E-state index is 13.7. The first-order valence-electron chi connectivity index (χ1n) is 10.3. The van der Waals surface area contributed by atoms with Crippen molar-refractivity contribution in [2.75, 3.05) is 6.54 Å². The minimum atomic E-state index is -1.16. The zero-order valence-corrected chi connectivity index (χ0v) is 17.7. The first-order chi connectivity index (χ1) is 15.1. The van der Waals surface area contributed by atoms with Crippen molar-refractivity contribution in [3.63, 3.8) is 0 Å². The second-order valence-electron chi connectivity index (χ2n) is 8.11. The predicted octanol–water partition coefficient (Wildman–Crippen LogP) is 2.64. The van der Waals surface area contributed by atoms with Crippen LogP contribution < -0.4 is 0 Å². The van der Waals surface area contributed by atoms with Gasteiger partial charge in [-0.15, -0.1) is 11.3 Å². The zero-order valence-electron chi connectivity index (χ0n) is 16.9. The van der Waals surface area contributed by atoms with Crippen molar-refractivity contribution < 1.29 is 14.4 Å². The van der Waals surface area contributed by atoms with E-state index in [4.69, 9.17) is 0 Å². The normalized spacial score (nSPS) is 20.9. The summed E-state index contributed by atoms with van der Waals surface area (Å²) in [6.07, 6.45) is 2.44. The molecule has 0 saturated carbocycles. The molecule has 5 rings (SSSR count). The van der Waals surface area contributed by atoms with Gasteiger partial charge < -0.3 is 4.90 Å². The van der Waals surface area contributed by atoms with Gasteiger partial charge in [-0.3, -0.25) is 24.4 Å². The molecule has 158 valence electrons.